The standard InChI is InChI=1S/C15H17BO5/c1-18-12-9-15(21-16-17)13(19-2)8-14(12)20-10-11-6-4-3-5-7-11/h3-9,16-17H,10H2,1-2H3. The second kappa shape index (κ2) is 7.45. The van der Waals surface area contributed by atoms with Crippen molar-refractivity contribution < 1.29 is 23.9 Å². The Kier molecular flexibility index (Phi) is 5.34. The zero-order chi connectivity index (χ0) is 15.1. The first-order chi connectivity index (χ1) is 10.3. The van der Waals surface area contributed by atoms with Gasteiger partial charge >= 0.3 is 7.69 Å². The lowest BCUT2D eigenvalue weighted by Gasteiger charge is -2.15. The van der Waals surface area contributed by atoms with E-state index in [9.17, 15) is 0 Å². The molecule has 0 fully saturated rings. The largest absolute Gasteiger partial charge is 0.536 e. The molecule has 0 atom stereocenters. The highest BCUT2D eigenvalue weighted by molar-refractivity contribution is 6.17. The van der Waals surface area contributed by atoms with Crippen LogP contribution >= 0.6 is 0 Å². The van der Waals surface area contributed by atoms with Crippen LogP contribution in [0.1, 0.15) is 5.56 Å². The lowest BCUT2D eigenvalue weighted by atomic mass is 10.2. The van der Waals surface area contributed by atoms with Gasteiger partial charge in [-0.05, 0) is 5.56 Å². The van der Waals surface area contributed by atoms with E-state index in [2.05, 4.69) is 0 Å². The van der Waals surface area contributed by atoms with Crippen LogP contribution in [0.2, 0.25) is 0 Å². The molecule has 110 valence electrons. The van der Waals surface area contributed by atoms with E-state index in [-0.39, 0.29) is 0 Å². The van der Waals surface area contributed by atoms with Crippen LogP contribution in [0.3, 0.4) is 0 Å². The van der Waals surface area contributed by atoms with Gasteiger partial charge in [-0.3, -0.25) is 0 Å². The van der Waals surface area contributed by atoms with Gasteiger partial charge in [0, 0.05) is 12.1 Å². The van der Waals surface area contributed by atoms with Gasteiger partial charge in [0.2, 0.25) is 0 Å². The molecule has 2 aromatic carbocycles. The van der Waals surface area contributed by atoms with Gasteiger partial charge in [0.25, 0.3) is 0 Å². The third-order valence-corrected chi connectivity index (χ3v) is 2.91. The van der Waals surface area contributed by atoms with Crippen molar-refractivity contribution in [1.29, 1.82) is 0 Å². The molecule has 0 saturated carbocycles. The molecule has 5 nitrogen and oxygen atoms in total. The van der Waals surface area contributed by atoms with E-state index in [1.807, 2.05) is 30.3 Å². The monoisotopic (exact) mass is 288 g/mol. The van der Waals surface area contributed by atoms with Crippen LogP contribution in [0, 0.1) is 0 Å². The molecule has 0 amide bonds. The number of rotatable bonds is 7. The third kappa shape index (κ3) is 3.82. The van der Waals surface area contributed by atoms with Gasteiger partial charge in [0.15, 0.2) is 17.2 Å². The Bertz CT molecular complexity index is 574. The molecule has 2 aromatic rings. The smallest absolute Gasteiger partial charge is 0.504 e. The molecule has 0 heterocycles. The molecule has 0 radical (unpaired) electrons. The highest BCUT2D eigenvalue weighted by Gasteiger charge is 2.13. The first-order valence-corrected chi connectivity index (χ1v) is 6.45. The summed E-state index contributed by atoms with van der Waals surface area (Å²) in [7, 11) is 2.62. The minimum atomic E-state index is -0.441. The Balaban J connectivity index is 2.21. The predicted molar refractivity (Wildman–Crippen MR) is 80.3 cm³/mol. The normalized spacial score (nSPS) is 9.86. The summed E-state index contributed by atoms with van der Waals surface area (Å²) in [6.45, 7) is 0.417. The van der Waals surface area contributed by atoms with Gasteiger partial charge in [-0.15, -0.1) is 0 Å². The van der Waals surface area contributed by atoms with E-state index in [4.69, 9.17) is 23.9 Å². The topological polar surface area (TPSA) is 57.2 Å². The Hall–Kier alpha value is -2.34. The van der Waals surface area contributed by atoms with Crippen molar-refractivity contribution in [3.63, 3.8) is 0 Å². The molecule has 0 aliphatic rings. The van der Waals surface area contributed by atoms with E-state index in [0.717, 1.165) is 5.56 Å². The molecule has 2 rings (SSSR count). The zero-order valence-electron chi connectivity index (χ0n) is 12.0. The van der Waals surface area contributed by atoms with Crippen LogP contribution in [0.15, 0.2) is 42.5 Å². The first kappa shape index (κ1) is 15.1. The molecule has 0 unspecified atom stereocenters. The van der Waals surface area contributed by atoms with Crippen molar-refractivity contribution in [2.75, 3.05) is 14.2 Å². The molecule has 0 spiro atoms. The second-order valence-electron chi connectivity index (χ2n) is 4.20. The van der Waals surface area contributed by atoms with Crippen LogP contribution < -0.4 is 18.9 Å². The number of hydrogen-bond acceptors (Lipinski definition) is 5. The molecule has 0 aliphatic heterocycles. The average molecular weight is 288 g/mol. The van der Waals surface area contributed by atoms with E-state index in [1.165, 1.54) is 7.11 Å². The summed E-state index contributed by atoms with van der Waals surface area (Å²) in [4.78, 5) is 0. The molecule has 0 bridgehead atoms. The Morgan fingerprint density at radius 3 is 2.14 bits per heavy atom. The fraction of sp³-hybridized carbons (Fsp3) is 0.200. The van der Waals surface area contributed by atoms with E-state index < -0.39 is 7.69 Å². The quantitative estimate of drug-likeness (QED) is 0.789. The molecule has 6 heteroatoms. The maximum atomic E-state index is 8.87. The molecule has 0 aliphatic carbocycles. The number of ether oxygens (including phenoxy) is 3. The van der Waals surface area contributed by atoms with Crippen LogP contribution in [0.4, 0.5) is 0 Å². The Morgan fingerprint density at radius 1 is 0.905 bits per heavy atom. The van der Waals surface area contributed by atoms with E-state index in [1.54, 1.807) is 19.2 Å². The van der Waals surface area contributed by atoms with Gasteiger partial charge in [-0.1, -0.05) is 30.3 Å². The van der Waals surface area contributed by atoms with Crippen molar-refractivity contribution in [3.8, 4) is 23.0 Å². The van der Waals surface area contributed by atoms with Crippen LogP contribution in [-0.2, 0) is 6.61 Å². The molecule has 0 saturated heterocycles. The molecule has 21 heavy (non-hydrogen) atoms. The Labute approximate surface area is 124 Å². The summed E-state index contributed by atoms with van der Waals surface area (Å²) in [5, 5.41) is 8.87. The second-order valence-corrected chi connectivity index (χ2v) is 4.20. The summed E-state index contributed by atoms with van der Waals surface area (Å²) >= 11 is 0. The fourth-order valence-corrected chi connectivity index (χ4v) is 1.87. The first-order valence-electron chi connectivity index (χ1n) is 6.45. The van der Waals surface area contributed by atoms with Gasteiger partial charge < -0.3 is 23.9 Å². The third-order valence-electron chi connectivity index (χ3n) is 2.91. The van der Waals surface area contributed by atoms with Crippen LogP contribution in [0.25, 0.3) is 0 Å². The summed E-state index contributed by atoms with van der Waals surface area (Å²) in [6, 6.07) is 13.1. The molecular weight excluding hydrogens is 271 g/mol. The van der Waals surface area contributed by atoms with Crippen molar-refractivity contribution >= 4 is 7.69 Å². The van der Waals surface area contributed by atoms with Gasteiger partial charge in [0.1, 0.15) is 12.4 Å². The zero-order valence-corrected chi connectivity index (χ0v) is 12.0. The fourth-order valence-electron chi connectivity index (χ4n) is 1.87. The number of benzene rings is 2. The lowest BCUT2D eigenvalue weighted by molar-refractivity contribution is 0.280. The van der Waals surface area contributed by atoms with Gasteiger partial charge in [0.05, 0.1) is 14.2 Å². The summed E-state index contributed by atoms with van der Waals surface area (Å²) in [5.41, 5.74) is 1.05. The van der Waals surface area contributed by atoms with Crippen molar-refractivity contribution in [1.82, 2.24) is 0 Å². The summed E-state index contributed by atoms with van der Waals surface area (Å²) < 4.78 is 21.3. The number of hydrogen-bond donors (Lipinski definition) is 1. The van der Waals surface area contributed by atoms with Gasteiger partial charge in [-0.25, -0.2) is 0 Å². The SMILES string of the molecule is COc1cc(OCc2ccccc2)c(OC)cc1OBO. The summed E-state index contributed by atoms with van der Waals surface area (Å²) in [6.07, 6.45) is 0. The molecular formula is C15H17BO5. The summed E-state index contributed by atoms with van der Waals surface area (Å²) in [5.74, 6) is 1.91. The van der Waals surface area contributed by atoms with Gasteiger partial charge in [-0.2, -0.15) is 0 Å². The van der Waals surface area contributed by atoms with Crippen LogP contribution in [0.5, 0.6) is 23.0 Å². The van der Waals surface area contributed by atoms with E-state index in [0.29, 0.717) is 29.6 Å². The maximum absolute atomic E-state index is 8.87. The van der Waals surface area contributed by atoms with Crippen molar-refractivity contribution in [2.24, 2.45) is 0 Å². The minimum absolute atomic E-state index is 0.393. The van der Waals surface area contributed by atoms with Crippen molar-refractivity contribution in [3.05, 3.63) is 48.0 Å². The number of methoxy groups -OCH3 is 2. The Morgan fingerprint density at radius 2 is 1.52 bits per heavy atom. The van der Waals surface area contributed by atoms with E-state index >= 15 is 0 Å². The predicted octanol–water partition coefficient (Wildman–Crippen LogP) is 1.92. The van der Waals surface area contributed by atoms with Crippen LogP contribution in [-0.4, -0.2) is 26.9 Å². The molecule has 1 N–H and O–H groups in total. The minimum Gasteiger partial charge on any atom is -0.536 e. The maximum Gasteiger partial charge on any atom is 0.504 e. The average Bonchev–Trinajstić information content (AvgIpc) is 2.54. The highest BCUT2D eigenvalue weighted by Crippen LogP contribution is 2.39. The molecule has 0 aromatic heterocycles. The highest BCUT2D eigenvalue weighted by atomic mass is 16.5. The lowest BCUT2D eigenvalue weighted by Crippen LogP contribution is -2.03. The van der Waals surface area contributed by atoms with Crippen molar-refractivity contribution in [2.45, 2.75) is 6.61 Å².